The van der Waals surface area contributed by atoms with E-state index in [-0.39, 0.29) is 0 Å². The second-order valence-corrected chi connectivity index (χ2v) is 9.92. The van der Waals surface area contributed by atoms with E-state index in [4.69, 9.17) is 34.8 Å². The largest absolute Gasteiger partial charge is 0.309 e. The third-order valence-electron chi connectivity index (χ3n) is 6.22. The minimum atomic E-state index is 0.379. The van der Waals surface area contributed by atoms with Gasteiger partial charge in [-0.05, 0) is 66.5 Å². The third-order valence-corrected chi connectivity index (χ3v) is 7.42. The van der Waals surface area contributed by atoms with Gasteiger partial charge in [0.15, 0.2) is 0 Å². The van der Waals surface area contributed by atoms with Crippen molar-refractivity contribution in [2.24, 2.45) is 0 Å². The van der Waals surface area contributed by atoms with E-state index in [1.165, 1.54) is 40.4 Å². The van der Waals surface area contributed by atoms with E-state index in [1.54, 1.807) is 0 Å². The quantitative estimate of drug-likeness (QED) is 0.202. The van der Waals surface area contributed by atoms with Crippen LogP contribution in [0, 0.1) is 0 Å². The van der Waals surface area contributed by atoms with Crippen LogP contribution < -0.4 is 4.90 Å². The topological polar surface area (TPSA) is 3.24 Å². The Kier molecular flexibility index (Phi) is 8.42. The molecule has 176 valence electrons. The molecule has 0 aliphatic carbocycles. The third kappa shape index (κ3) is 5.38. The van der Waals surface area contributed by atoms with Crippen LogP contribution >= 0.6 is 34.8 Å². The van der Waals surface area contributed by atoms with Gasteiger partial charge in [0.05, 0.1) is 20.8 Å². The highest BCUT2D eigenvalue weighted by atomic mass is 35.5. The Morgan fingerprint density at radius 2 is 1.35 bits per heavy atom. The predicted molar refractivity (Wildman–Crippen MR) is 151 cm³/mol. The number of nitrogens with zero attached hydrogens (tertiary/aromatic N) is 1. The standard InChI is InChI=1S/C30H30Cl3N/c1-3-5-10-21-14-17-26-23(18-21)16-15-22(11-6-4-2)30(26)34(24-12-8-7-9-13-24)25-19-27(31)29(33)28(32)20-25/h7-9,12-20H,3-6,10-11H2,1-2H3. The number of benzene rings is 4. The Hall–Kier alpha value is -2.19. The van der Waals surface area contributed by atoms with Crippen LogP contribution in [0.4, 0.5) is 17.1 Å². The van der Waals surface area contributed by atoms with E-state index in [1.807, 2.05) is 18.2 Å². The molecule has 0 atom stereocenters. The lowest BCUT2D eigenvalue weighted by Gasteiger charge is -2.30. The fourth-order valence-electron chi connectivity index (χ4n) is 4.43. The van der Waals surface area contributed by atoms with Gasteiger partial charge in [-0.25, -0.2) is 0 Å². The molecule has 4 aromatic rings. The zero-order valence-corrected chi connectivity index (χ0v) is 22.0. The zero-order chi connectivity index (χ0) is 24.1. The molecule has 4 rings (SSSR count). The Morgan fingerprint density at radius 3 is 2.03 bits per heavy atom. The monoisotopic (exact) mass is 509 g/mol. The molecule has 0 aliphatic heterocycles. The Morgan fingerprint density at radius 1 is 0.676 bits per heavy atom. The van der Waals surface area contributed by atoms with Gasteiger partial charge in [-0.2, -0.15) is 0 Å². The predicted octanol–water partition coefficient (Wildman–Crippen LogP) is 11.0. The highest BCUT2D eigenvalue weighted by molar-refractivity contribution is 6.48. The summed E-state index contributed by atoms with van der Waals surface area (Å²) >= 11 is 19.3. The van der Waals surface area contributed by atoms with Gasteiger partial charge in [-0.3, -0.25) is 0 Å². The van der Waals surface area contributed by atoms with Crippen molar-refractivity contribution < 1.29 is 0 Å². The molecule has 0 fully saturated rings. The van der Waals surface area contributed by atoms with E-state index in [9.17, 15) is 0 Å². The van der Waals surface area contributed by atoms with Crippen LogP contribution in [0.2, 0.25) is 15.1 Å². The lowest BCUT2D eigenvalue weighted by molar-refractivity contribution is 0.794. The van der Waals surface area contributed by atoms with Crippen molar-refractivity contribution in [3.63, 3.8) is 0 Å². The van der Waals surface area contributed by atoms with Crippen molar-refractivity contribution in [2.45, 2.75) is 52.4 Å². The van der Waals surface area contributed by atoms with Crippen molar-refractivity contribution in [3.05, 3.63) is 99.0 Å². The Balaban J connectivity index is 1.99. The van der Waals surface area contributed by atoms with Gasteiger partial charge in [0.25, 0.3) is 0 Å². The van der Waals surface area contributed by atoms with Crippen LogP contribution in [0.1, 0.15) is 50.7 Å². The highest BCUT2D eigenvalue weighted by Crippen LogP contribution is 2.45. The number of hydrogen-bond donors (Lipinski definition) is 0. The van der Waals surface area contributed by atoms with Crippen molar-refractivity contribution in [2.75, 3.05) is 4.90 Å². The van der Waals surface area contributed by atoms with Crippen LogP contribution in [0.15, 0.2) is 72.8 Å². The zero-order valence-electron chi connectivity index (χ0n) is 19.8. The molecule has 0 spiro atoms. The molecule has 0 unspecified atom stereocenters. The molecule has 0 radical (unpaired) electrons. The molecular formula is C30H30Cl3N. The van der Waals surface area contributed by atoms with Crippen LogP contribution in [0.5, 0.6) is 0 Å². The molecule has 4 aromatic carbocycles. The van der Waals surface area contributed by atoms with Gasteiger partial charge in [-0.1, -0.05) is 110 Å². The van der Waals surface area contributed by atoms with Gasteiger partial charge in [-0.15, -0.1) is 0 Å². The van der Waals surface area contributed by atoms with Crippen molar-refractivity contribution in [3.8, 4) is 0 Å². The number of aryl methyl sites for hydroxylation is 2. The van der Waals surface area contributed by atoms with Crippen LogP contribution in [-0.2, 0) is 12.8 Å². The number of para-hydroxylation sites is 1. The second-order valence-electron chi connectivity index (χ2n) is 8.73. The molecule has 1 nitrogen and oxygen atoms in total. The summed E-state index contributed by atoms with van der Waals surface area (Å²) in [7, 11) is 0. The smallest absolute Gasteiger partial charge is 0.0780 e. The van der Waals surface area contributed by atoms with Crippen LogP contribution in [-0.4, -0.2) is 0 Å². The molecule has 0 heterocycles. The molecular weight excluding hydrogens is 481 g/mol. The lowest BCUT2D eigenvalue weighted by atomic mass is 9.96. The minimum absolute atomic E-state index is 0.379. The number of halogens is 3. The molecule has 0 saturated carbocycles. The summed E-state index contributed by atoms with van der Waals surface area (Å²) in [5.74, 6) is 0. The summed E-state index contributed by atoms with van der Waals surface area (Å²) in [4.78, 5) is 2.27. The first-order valence-electron chi connectivity index (χ1n) is 12.1. The van der Waals surface area contributed by atoms with Crippen molar-refractivity contribution in [1.29, 1.82) is 0 Å². The number of fused-ring (bicyclic) bond motifs is 1. The van der Waals surface area contributed by atoms with Crippen LogP contribution in [0.3, 0.4) is 0 Å². The first-order valence-corrected chi connectivity index (χ1v) is 13.2. The first-order chi connectivity index (χ1) is 16.5. The fourth-order valence-corrected chi connectivity index (χ4v) is 5.02. The molecule has 0 saturated heterocycles. The summed E-state index contributed by atoms with van der Waals surface area (Å²) in [6, 6.07) is 25.6. The number of rotatable bonds is 9. The highest BCUT2D eigenvalue weighted by Gasteiger charge is 2.21. The first kappa shape index (κ1) is 24.9. The molecule has 34 heavy (non-hydrogen) atoms. The molecule has 4 heteroatoms. The van der Waals surface area contributed by atoms with Gasteiger partial charge in [0.1, 0.15) is 0 Å². The summed E-state index contributed by atoms with van der Waals surface area (Å²) < 4.78 is 0. The summed E-state index contributed by atoms with van der Waals surface area (Å²) in [5.41, 5.74) is 5.81. The fraction of sp³-hybridized carbons (Fsp3) is 0.267. The van der Waals surface area contributed by atoms with E-state index in [2.05, 4.69) is 73.3 Å². The average molecular weight is 511 g/mol. The Labute approximate surface area is 218 Å². The lowest BCUT2D eigenvalue weighted by Crippen LogP contribution is -2.13. The summed E-state index contributed by atoms with van der Waals surface area (Å²) in [6.07, 6.45) is 6.75. The minimum Gasteiger partial charge on any atom is -0.309 e. The number of hydrogen-bond acceptors (Lipinski definition) is 1. The second kappa shape index (κ2) is 11.5. The molecule has 0 bridgehead atoms. The van der Waals surface area contributed by atoms with Gasteiger partial charge in [0.2, 0.25) is 0 Å². The van der Waals surface area contributed by atoms with E-state index < -0.39 is 0 Å². The average Bonchev–Trinajstić information content (AvgIpc) is 2.86. The maximum absolute atomic E-state index is 6.51. The molecule has 0 amide bonds. The van der Waals surface area contributed by atoms with Crippen LogP contribution in [0.25, 0.3) is 10.8 Å². The van der Waals surface area contributed by atoms with Gasteiger partial charge < -0.3 is 4.90 Å². The van der Waals surface area contributed by atoms with Gasteiger partial charge in [0, 0.05) is 16.8 Å². The molecule has 0 aromatic heterocycles. The van der Waals surface area contributed by atoms with E-state index in [0.29, 0.717) is 15.1 Å². The van der Waals surface area contributed by atoms with E-state index in [0.717, 1.165) is 37.1 Å². The van der Waals surface area contributed by atoms with Crippen molar-refractivity contribution >= 4 is 62.6 Å². The maximum atomic E-state index is 6.51. The van der Waals surface area contributed by atoms with E-state index >= 15 is 0 Å². The number of unbranched alkanes of at least 4 members (excludes halogenated alkanes) is 2. The Bertz CT molecular complexity index is 1240. The summed E-state index contributed by atoms with van der Waals surface area (Å²) in [5, 5.41) is 3.74. The normalized spacial score (nSPS) is 11.2. The van der Waals surface area contributed by atoms with Crippen molar-refractivity contribution in [1.82, 2.24) is 0 Å². The molecule has 0 aliphatic rings. The molecule has 0 N–H and O–H groups in total. The SMILES string of the molecule is CCCCc1ccc2c(N(c3ccccc3)c3cc(Cl)c(Cl)c(Cl)c3)c(CCCC)ccc2c1. The summed E-state index contributed by atoms with van der Waals surface area (Å²) in [6.45, 7) is 4.47. The maximum Gasteiger partial charge on any atom is 0.0780 e. The number of anilines is 3. The van der Waals surface area contributed by atoms with Gasteiger partial charge >= 0.3 is 0 Å².